The van der Waals surface area contributed by atoms with Gasteiger partial charge in [0.05, 0.1) is 36.8 Å². The normalized spacial score (nSPS) is 10.1. The van der Waals surface area contributed by atoms with E-state index < -0.39 is 0 Å². The van der Waals surface area contributed by atoms with E-state index in [-0.39, 0.29) is 26.0 Å². The maximum atomic E-state index is 12.2. The lowest BCUT2D eigenvalue weighted by atomic mass is 10.0. The van der Waals surface area contributed by atoms with E-state index in [4.69, 9.17) is 0 Å². The SMILES string of the molecule is C.C.CN(C)c1ccc(-c2[nH]c(=O)c3cccnc3c2C#N)cc1.CN(C)c1ccc(-c2[nH]c(=O)c3cccnc3c2I)cc1. The van der Waals surface area contributed by atoms with Crippen LogP contribution in [0.25, 0.3) is 44.3 Å². The van der Waals surface area contributed by atoms with Gasteiger partial charge in [-0.15, -0.1) is 0 Å². The molecule has 0 spiro atoms. The molecule has 6 rings (SSSR count). The highest BCUT2D eigenvalue weighted by molar-refractivity contribution is 14.1. The minimum atomic E-state index is -0.242. The Balaban J connectivity index is 0.000000235. The number of H-pyrrole nitrogens is 2. The number of benzene rings is 2. The lowest BCUT2D eigenvalue weighted by Gasteiger charge is -2.13. The molecule has 0 fully saturated rings. The van der Waals surface area contributed by atoms with Crippen molar-refractivity contribution in [3.8, 4) is 28.6 Å². The smallest absolute Gasteiger partial charge is 0.257 e. The molecule has 0 amide bonds. The van der Waals surface area contributed by atoms with Crippen molar-refractivity contribution in [3.05, 3.63) is 115 Å². The van der Waals surface area contributed by atoms with Crippen molar-refractivity contribution in [2.45, 2.75) is 14.9 Å². The van der Waals surface area contributed by atoms with Crippen LogP contribution in [-0.4, -0.2) is 48.1 Å². The Bertz CT molecular complexity index is 2090. The molecule has 45 heavy (non-hydrogen) atoms. The summed E-state index contributed by atoms with van der Waals surface area (Å²) in [7, 11) is 7.91. The molecular weight excluding hydrogens is 677 g/mol. The zero-order valence-corrected chi connectivity index (χ0v) is 26.2. The van der Waals surface area contributed by atoms with Gasteiger partial charge in [-0.25, -0.2) is 0 Å². The second kappa shape index (κ2) is 14.6. The number of pyridine rings is 4. The van der Waals surface area contributed by atoms with Crippen molar-refractivity contribution < 1.29 is 0 Å². The van der Waals surface area contributed by atoms with Crippen LogP contribution in [0.4, 0.5) is 11.4 Å². The first kappa shape index (κ1) is 34.5. The van der Waals surface area contributed by atoms with Crippen LogP contribution in [0.5, 0.6) is 0 Å². The maximum Gasteiger partial charge on any atom is 0.257 e. The number of fused-ring (bicyclic) bond motifs is 2. The minimum Gasteiger partial charge on any atom is -0.378 e. The number of nitrogens with one attached hydrogen (secondary N) is 2. The van der Waals surface area contributed by atoms with E-state index in [1.807, 2.05) is 86.5 Å². The fourth-order valence-electron chi connectivity index (χ4n) is 4.64. The molecule has 6 aromatic rings. The van der Waals surface area contributed by atoms with Crippen molar-refractivity contribution in [1.29, 1.82) is 5.26 Å². The molecule has 9 nitrogen and oxygen atoms in total. The minimum absolute atomic E-state index is 0. The monoisotopic (exact) mass is 713 g/mol. The number of aromatic amines is 2. The zero-order valence-electron chi connectivity index (χ0n) is 24.0. The average molecular weight is 714 g/mol. The quantitative estimate of drug-likeness (QED) is 0.188. The van der Waals surface area contributed by atoms with Crippen molar-refractivity contribution in [1.82, 2.24) is 19.9 Å². The lowest BCUT2D eigenvalue weighted by molar-refractivity contribution is 1.13. The van der Waals surface area contributed by atoms with Crippen molar-refractivity contribution >= 4 is 55.8 Å². The number of hydrogen-bond donors (Lipinski definition) is 2. The van der Waals surface area contributed by atoms with Crippen LogP contribution in [-0.2, 0) is 0 Å². The summed E-state index contributed by atoms with van der Waals surface area (Å²) in [6.07, 6.45) is 3.30. The van der Waals surface area contributed by atoms with Crippen molar-refractivity contribution in [3.63, 3.8) is 0 Å². The summed E-state index contributed by atoms with van der Waals surface area (Å²) < 4.78 is 0.959. The summed E-state index contributed by atoms with van der Waals surface area (Å²) in [5.41, 5.74) is 6.46. The molecule has 4 aromatic heterocycles. The molecule has 10 heteroatoms. The van der Waals surface area contributed by atoms with Crippen LogP contribution in [0.1, 0.15) is 20.4 Å². The van der Waals surface area contributed by atoms with Crippen molar-refractivity contribution in [2.24, 2.45) is 0 Å². The van der Waals surface area contributed by atoms with E-state index in [0.29, 0.717) is 27.5 Å². The van der Waals surface area contributed by atoms with E-state index in [1.165, 1.54) is 0 Å². The predicted octanol–water partition coefficient (Wildman–Crippen LogP) is 7.06. The molecule has 0 aliphatic rings. The van der Waals surface area contributed by atoms with E-state index in [2.05, 4.69) is 48.6 Å². The van der Waals surface area contributed by atoms with Gasteiger partial charge in [0.1, 0.15) is 11.6 Å². The number of hydrogen-bond acceptors (Lipinski definition) is 7. The van der Waals surface area contributed by atoms with Gasteiger partial charge < -0.3 is 19.8 Å². The van der Waals surface area contributed by atoms with E-state index in [0.717, 1.165) is 37.3 Å². The van der Waals surface area contributed by atoms with Crippen LogP contribution in [0.2, 0.25) is 0 Å². The summed E-state index contributed by atoms with van der Waals surface area (Å²) >= 11 is 2.24. The highest BCUT2D eigenvalue weighted by Crippen LogP contribution is 2.28. The van der Waals surface area contributed by atoms with E-state index in [9.17, 15) is 14.9 Å². The molecule has 0 atom stereocenters. The molecule has 0 aliphatic carbocycles. The molecule has 4 heterocycles. The average Bonchev–Trinajstić information content (AvgIpc) is 3.03. The summed E-state index contributed by atoms with van der Waals surface area (Å²) in [6.45, 7) is 0. The highest BCUT2D eigenvalue weighted by atomic mass is 127. The Morgan fingerprint density at radius 3 is 1.56 bits per heavy atom. The molecule has 0 saturated carbocycles. The van der Waals surface area contributed by atoms with Gasteiger partial charge in [-0.05, 0) is 82.2 Å². The molecule has 2 aromatic carbocycles. The van der Waals surface area contributed by atoms with Gasteiger partial charge in [-0.3, -0.25) is 19.6 Å². The maximum absolute atomic E-state index is 12.2. The number of nitrogens with zero attached hydrogens (tertiary/aromatic N) is 5. The first-order chi connectivity index (χ1) is 20.7. The highest BCUT2D eigenvalue weighted by Gasteiger charge is 2.14. The molecule has 0 bridgehead atoms. The largest absolute Gasteiger partial charge is 0.378 e. The van der Waals surface area contributed by atoms with Crippen LogP contribution in [0.15, 0.2) is 94.8 Å². The summed E-state index contributed by atoms with van der Waals surface area (Å²) in [6, 6.07) is 24.8. The molecule has 0 unspecified atom stereocenters. The first-order valence-electron chi connectivity index (χ1n) is 13.3. The van der Waals surface area contributed by atoms with Gasteiger partial charge in [-0.1, -0.05) is 39.1 Å². The summed E-state index contributed by atoms with van der Waals surface area (Å²) in [5, 5.41) is 10.5. The standard InChI is InChI=1S/C17H14N4O.C16H14IN3O.2CH4/c1-21(2)12-7-5-11(6-8-12)15-14(10-18)16-13(17(22)20-15)4-3-9-19-16;1-20(2)11-7-5-10(6-8-11)14-13(17)15-12(16(21)19-14)4-3-9-18-15;;/h3-9H,1-2H3,(H,20,22);3-9H,1-2H3,(H,19,21);2*1H4. The van der Waals surface area contributed by atoms with E-state index >= 15 is 0 Å². The lowest BCUT2D eigenvalue weighted by Crippen LogP contribution is -2.11. The van der Waals surface area contributed by atoms with Gasteiger partial charge in [0.2, 0.25) is 0 Å². The van der Waals surface area contributed by atoms with Crippen molar-refractivity contribution in [2.75, 3.05) is 38.0 Å². The fourth-order valence-corrected chi connectivity index (χ4v) is 5.52. The number of nitriles is 1. The van der Waals surface area contributed by atoms with Crippen LogP contribution in [0, 0.1) is 14.9 Å². The van der Waals surface area contributed by atoms with Gasteiger partial charge in [0, 0.05) is 52.0 Å². The predicted molar refractivity (Wildman–Crippen MR) is 195 cm³/mol. The van der Waals surface area contributed by atoms with Gasteiger partial charge in [-0.2, -0.15) is 5.26 Å². The van der Waals surface area contributed by atoms with Gasteiger partial charge in [0.25, 0.3) is 11.1 Å². The fraction of sp³-hybridized carbons (Fsp3) is 0.171. The van der Waals surface area contributed by atoms with E-state index in [1.54, 1.807) is 36.7 Å². The molecule has 0 aliphatic heterocycles. The molecule has 0 radical (unpaired) electrons. The van der Waals surface area contributed by atoms with Crippen LogP contribution in [0.3, 0.4) is 0 Å². The molecular formula is C35H36IN7O2. The Kier molecular flexibility index (Phi) is 11.2. The number of rotatable bonds is 4. The van der Waals surface area contributed by atoms with Gasteiger partial charge >= 0.3 is 0 Å². The number of anilines is 2. The summed E-state index contributed by atoms with van der Waals surface area (Å²) in [5.74, 6) is 0. The number of halogens is 1. The molecule has 2 N–H and O–H groups in total. The Hall–Kier alpha value is -5.02. The third-order valence-electron chi connectivity index (χ3n) is 6.95. The Morgan fingerprint density at radius 2 is 1.09 bits per heavy atom. The zero-order chi connectivity index (χ0) is 30.7. The van der Waals surface area contributed by atoms with Crippen LogP contribution >= 0.6 is 22.6 Å². The van der Waals surface area contributed by atoms with Gasteiger partial charge in [0.15, 0.2) is 0 Å². The van der Waals surface area contributed by atoms with Crippen LogP contribution < -0.4 is 20.9 Å². The number of aromatic nitrogens is 4. The Labute approximate surface area is 276 Å². The second-order valence-electron chi connectivity index (χ2n) is 10.1. The third kappa shape index (κ3) is 7.05. The second-order valence-corrected chi connectivity index (χ2v) is 11.2. The molecule has 230 valence electrons. The topological polar surface area (TPSA) is 122 Å². The molecule has 0 saturated heterocycles. The summed E-state index contributed by atoms with van der Waals surface area (Å²) in [4.78, 5) is 42.7. The first-order valence-corrected chi connectivity index (χ1v) is 14.4. The Morgan fingerprint density at radius 1 is 0.667 bits per heavy atom. The third-order valence-corrected chi connectivity index (χ3v) is 8.00.